The van der Waals surface area contributed by atoms with Crippen molar-refractivity contribution in [3.05, 3.63) is 48.0 Å². The zero-order valence-corrected chi connectivity index (χ0v) is 14.6. The molecule has 0 aliphatic carbocycles. The number of benzene rings is 1. The molecule has 7 nitrogen and oxygen atoms in total. The molecule has 1 aliphatic rings. The van der Waals surface area contributed by atoms with Crippen LogP contribution in [0.2, 0.25) is 0 Å². The largest absolute Gasteiger partial charge is 0.279 e. The highest BCUT2D eigenvalue weighted by Crippen LogP contribution is 2.18. The molecule has 2 aromatic rings. The number of hydrogen-bond acceptors (Lipinski definition) is 4. The molecule has 0 bridgehead atoms. The second-order valence-corrected chi connectivity index (χ2v) is 8.10. The number of nitrogens with one attached hydrogen (secondary N) is 1. The second kappa shape index (κ2) is 7.42. The van der Waals surface area contributed by atoms with Crippen LogP contribution in [0.25, 0.3) is 0 Å². The van der Waals surface area contributed by atoms with E-state index < -0.39 is 10.2 Å². The molecule has 3 rings (SSSR count). The van der Waals surface area contributed by atoms with Gasteiger partial charge in [0, 0.05) is 19.6 Å². The minimum Gasteiger partial charge on any atom is -0.249 e. The van der Waals surface area contributed by atoms with Crippen molar-refractivity contribution < 1.29 is 8.42 Å². The van der Waals surface area contributed by atoms with E-state index in [9.17, 15) is 8.42 Å². The van der Waals surface area contributed by atoms with Crippen LogP contribution >= 0.6 is 0 Å². The average Bonchev–Trinajstić information content (AvgIpc) is 3.07. The van der Waals surface area contributed by atoms with Gasteiger partial charge in [-0.3, -0.25) is 0 Å². The van der Waals surface area contributed by atoms with Gasteiger partial charge in [-0.05, 0) is 29.9 Å². The lowest BCUT2D eigenvalue weighted by Crippen LogP contribution is -2.45. The molecule has 1 aliphatic heterocycles. The van der Waals surface area contributed by atoms with Gasteiger partial charge in [0.15, 0.2) is 0 Å². The normalized spacial score (nSPS) is 19.5. The van der Waals surface area contributed by atoms with Crippen molar-refractivity contribution in [2.24, 2.45) is 5.92 Å². The lowest BCUT2D eigenvalue weighted by Gasteiger charge is -2.30. The molecular weight excluding hydrogens is 326 g/mol. The Labute approximate surface area is 142 Å². The third kappa shape index (κ3) is 4.40. The molecule has 1 fully saturated rings. The maximum absolute atomic E-state index is 12.4. The predicted molar refractivity (Wildman–Crippen MR) is 91.3 cm³/mol. The van der Waals surface area contributed by atoms with E-state index in [1.807, 2.05) is 24.3 Å². The maximum Gasteiger partial charge on any atom is 0.279 e. The average molecular weight is 349 g/mol. The van der Waals surface area contributed by atoms with Gasteiger partial charge in [-0.1, -0.05) is 31.2 Å². The summed E-state index contributed by atoms with van der Waals surface area (Å²) in [4.78, 5) is 3.91. The summed E-state index contributed by atoms with van der Waals surface area (Å²) in [6.45, 7) is 4.26. The zero-order valence-electron chi connectivity index (χ0n) is 13.8. The van der Waals surface area contributed by atoms with Gasteiger partial charge in [0.25, 0.3) is 10.2 Å². The lowest BCUT2D eigenvalue weighted by atomic mass is 10.0. The Morgan fingerprint density at radius 2 is 2.00 bits per heavy atom. The molecule has 1 aromatic heterocycles. The summed E-state index contributed by atoms with van der Waals surface area (Å²) in [6.07, 6.45) is 5.20. The molecule has 1 unspecified atom stereocenters. The Morgan fingerprint density at radius 3 is 2.67 bits per heavy atom. The number of nitrogens with zero attached hydrogens (tertiary/aromatic N) is 4. The second-order valence-electron chi connectivity index (χ2n) is 6.34. The first-order chi connectivity index (χ1) is 11.5. The Morgan fingerprint density at radius 1 is 1.25 bits per heavy atom. The summed E-state index contributed by atoms with van der Waals surface area (Å²) < 4.78 is 30.8. The van der Waals surface area contributed by atoms with E-state index in [-0.39, 0.29) is 0 Å². The van der Waals surface area contributed by atoms with Crippen LogP contribution in [0.5, 0.6) is 0 Å². The molecule has 0 spiro atoms. The quantitative estimate of drug-likeness (QED) is 0.855. The van der Waals surface area contributed by atoms with Crippen molar-refractivity contribution in [2.75, 3.05) is 13.1 Å². The van der Waals surface area contributed by atoms with Crippen LogP contribution in [0, 0.1) is 5.92 Å². The SMILES string of the molecule is CC1CCCN(S(=O)(=O)NCc2ccc(Cn3cncn3)cc2)C1. The number of piperidine rings is 1. The van der Waals surface area contributed by atoms with Crippen LogP contribution in [0.4, 0.5) is 0 Å². The van der Waals surface area contributed by atoms with E-state index in [0.717, 1.165) is 24.0 Å². The third-order valence-electron chi connectivity index (χ3n) is 4.25. The summed E-state index contributed by atoms with van der Waals surface area (Å²) in [7, 11) is -3.40. The van der Waals surface area contributed by atoms with E-state index in [1.54, 1.807) is 15.3 Å². The van der Waals surface area contributed by atoms with Crippen molar-refractivity contribution in [3.8, 4) is 0 Å². The maximum atomic E-state index is 12.4. The van der Waals surface area contributed by atoms with Crippen LogP contribution < -0.4 is 4.72 Å². The molecular formula is C16H23N5O2S. The fourth-order valence-corrected chi connectivity index (χ4v) is 4.25. The molecule has 1 aromatic carbocycles. The van der Waals surface area contributed by atoms with Gasteiger partial charge in [-0.15, -0.1) is 0 Å². The van der Waals surface area contributed by atoms with Gasteiger partial charge in [-0.25, -0.2) is 9.67 Å². The Balaban J connectivity index is 1.56. The van der Waals surface area contributed by atoms with Crippen molar-refractivity contribution in [1.82, 2.24) is 23.8 Å². The van der Waals surface area contributed by atoms with Gasteiger partial charge < -0.3 is 0 Å². The molecule has 0 amide bonds. The third-order valence-corrected chi connectivity index (χ3v) is 5.77. The highest BCUT2D eigenvalue weighted by Gasteiger charge is 2.26. The molecule has 1 N–H and O–H groups in total. The molecule has 2 heterocycles. The van der Waals surface area contributed by atoms with Gasteiger partial charge >= 0.3 is 0 Å². The summed E-state index contributed by atoms with van der Waals surface area (Å²) in [5.74, 6) is 0.423. The van der Waals surface area contributed by atoms with Crippen LogP contribution in [-0.4, -0.2) is 40.6 Å². The van der Waals surface area contributed by atoms with Crippen molar-refractivity contribution >= 4 is 10.2 Å². The van der Waals surface area contributed by atoms with Gasteiger partial charge in [0.2, 0.25) is 0 Å². The summed E-state index contributed by atoms with van der Waals surface area (Å²) in [6, 6.07) is 7.84. The lowest BCUT2D eigenvalue weighted by molar-refractivity contribution is 0.278. The van der Waals surface area contributed by atoms with Crippen molar-refractivity contribution in [2.45, 2.75) is 32.9 Å². The fraction of sp³-hybridized carbons (Fsp3) is 0.500. The number of rotatable bonds is 6. The molecule has 1 atom stereocenters. The van der Waals surface area contributed by atoms with Crippen LogP contribution in [0.15, 0.2) is 36.9 Å². The summed E-state index contributed by atoms with van der Waals surface area (Å²) in [5.41, 5.74) is 2.03. The standard InChI is InChI=1S/C16H23N5O2S/c1-14-3-2-8-21(10-14)24(22,23)19-9-15-4-6-16(7-5-15)11-20-13-17-12-18-20/h4-7,12-14,19H,2-3,8-11H2,1H3. The van der Waals surface area contributed by atoms with Crippen LogP contribution in [-0.2, 0) is 23.3 Å². The number of hydrogen-bond donors (Lipinski definition) is 1. The topological polar surface area (TPSA) is 80.1 Å². The van der Waals surface area contributed by atoms with E-state index >= 15 is 0 Å². The smallest absolute Gasteiger partial charge is 0.249 e. The van der Waals surface area contributed by atoms with E-state index in [2.05, 4.69) is 21.7 Å². The van der Waals surface area contributed by atoms with Crippen molar-refractivity contribution in [1.29, 1.82) is 0 Å². The number of aromatic nitrogens is 3. The van der Waals surface area contributed by atoms with E-state index in [0.29, 0.717) is 32.1 Å². The molecule has 1 saturated heterocycles. The monoisotopic (exact) mass is 349 g/mol. The summed E-state index contributed by atoms with van der Waals surface area (Å²) >= 11 is 0. The van der Waals surface area contributed by atoms with Gasteiger partial charge in [-0.2, -0.15) is 22.5 Å². The molecule has 130 valence electrons. The van der Waals surface area contributed by atoms with E-state index in [4.69, 9.17) is 0 Å². The first kappa shape index (κ1) is 17.1. The predicted octanol–water partition coefficient (Wildman–Crippen LogP) is 1.39. The Hall–Kier alpha value is -1.77. The zero-order chi connectivity index (χ0) is 17.0. The highest BCUT2D eigenvalue weighted by molar-refractivity contribution is 7.87. The Bertz CT molecular complexity index is 743. The van der Waals surface area contributed by atoms with Crippen molar-refractivity contribution in [3.63, 3.8) is 0 Å². The minimum absolute atomic E-state index is 0.302. The molecule has 8 heteroatoms. The van der Waals surface area contributed by atoms with E-state index in [1.165, 1.54) is 6.33 Å². The minimum atomic E-state index is -3.40. The molecule has 24 heavy (non-hydrogen) atoms. The van der Waals surface area contributed by atoms with Gasteiger partial charge in [0.05, 0.1) is 6.54 Å². The first-order valence-corrected chi connectivity index (χ1v) is 9.62. The summed E-state index contributed by atoms with van der Waals surface area (Å²) in [5, 5.41) is 4.07. The molecule has 0 radical (unpaired) electrons. The highest BCUT2D eigenvalue weighted by atomic mass is 32.2. The van der Waals surface area contributed by atoms with Crippen LogP contribution in [0.3, 0.4) is 0 Å². The first-order valence-electron chi connectivity index (χ1n) is 8.18. The van der Waals surface area contributed by atoms with Gasteiger partial charge in [0.1, 0.15) is 12.7 Å². The Kier molecular flexibility index (Phi) is 5.27. The van der Waals surface area contributed by atoms with Crippen LogP contribution in [0.1, 0.15) is 30.9 Å². The fourth-order valence-electron chi connectivity index (χ4n) is 2.89. The molecule has 0 saturated carbocycles.